The van der Waals surface area contributed by atoms with Gasteiger partial charge in [-0.1, -0.05) is 17.7 Å². The maximum absolute atomic E-state index is 12.1. The number of aromatic nitrogens is 2. The van der Waals surface area contributed by atoms with Crippen LogP contribution in [-0.2, 0) is 9.53 Å². The van der Waals surface area contributed by atoms with E-state index in [1.807, 2.05) is 30.3 Å². The summed E-state index contributed by atoms with van der Waals surface area (Å²) in [6.45, 7) is 10.5. The molecule has 2 atom stereocenters. The highest BCUT2D eigenvalue weighted by Gasteiger charge is 2.42. The molecule has 1 fully saturated rings. The first kappa shape index (κ1) is 30.5. The number of hydrogen-bond donors (Lipinski definition) is 2. The van der Waals surface area contributed by atoms with Gasteiger partial charge in [0.25, 0.3) is 0 Å². The number of pyridine rings is 1. The Morgan fingerprint density at radius 3 is 2.42 bits per heavy atom. The maximum atomic E-state index is 12.1. The lowest BCUT2D eigenvalue weighted by Crippen LogP contribution is -2.29. The third kappa shape index (κ3) is 6.11. The van der Waals surface area contributed by atoms with Gasteiger partial charge < -0.3 is 29.7 Å². The summed E-state index contributed by atoms with van der Waals surface area (Å²) in [5.74, 6) is -0.277. The minimum absolute atomic E-state index is 0.0557. The van der Waals surface area contributed by atoms with Crippen LogP contribution in [0.5, 0.6) is 0 Å². The number of rotatable bonds is 10. The molecule has 2 N–H and O–H groups in total. The van der Waals surface area contributed by atoms with Gasteiger partial charge in [-0.15, -0.1) is 0 Å². The SMILES string of the molecule is CCN(CC)c1ccc(-n2c(C)cc([C@H]3[C@@H](c4ccccn4)NC(=S)N3c3ccc(NC(=O)COC)c(Cl)c3)c2C)cc1. The molecule has 0 aliphatic carbocycles. The van der Waals surface area contributed by atoms with Crippen LogP contribution in [0, 0.1) is 13.8 Å². The van der Waals surface area contributed by atoms with Crippen molar-refractivity contribution in [2.24, 2.45) is 0 Å². The number of nitrogens with zero attached hydrogens (tertiary/aromatic N) is 4. The number of amides is 1. The Hall–Kier alpha value is -3.92. The molecule has 8 nitrogen and oxygen atoms in total. The molecule has 4 aromatic rings. The van der Waals surface area contributed by atoms with Gasteiger partial charge in [-0.3, -0.25) is 9.78 Å². The second kappa shape index (κ2) is 13.2. The zero-order valence-electron chi connectivity index (χ0n) is 25.1. The summed E-state index contributed by atoms with van der Waals surface area (Å²) < 4.78 is 7.22. The van der Waals surface area contributed by atoms with E-state index in [1.54, 1.807) is 12.3 Å². The molecule has 1 amide bonds. The van der Waals surface area contributed by atoms with Crippen LogP contribution >= 0.6 is 23.8 Å². The summed E-state index contributed by atoms with van der Waals surface area (Å²) >= 11 is 12.6. The van der Waals surface area contributed by atoms with Crippen LogP contribution in [0.15, 0.2) is 72.9 Å². The standard InChI is InChI=1S/C33H37ClN6O2S/c1-6-38(7-2)23-11-13-24(14-12-23)39-21(3)18-26(22(39)4)32-31(29-10-8-9-17-35-29)37-33(43)40(32)25-15-16-28(27(34)19-25)36-30(41)20-42-5/h8-19,31-32H,6-7,20H2,1-5H3,(H,36,41)(H,37,43)/t31-,32+/m1/s1. The first-order valence-electron chi connectivity index (χ1n) is 14.4. The van der Waals surface area contributed by atoms with E-state index in [-0.39, 0.29) is 24.6 Å². The van der Waals surface area contributed by atoms with E-state index < -0.39 is 0 Å². The van der Waals surface area contributed by atoms with Gasteiger partial charge in [0.2, 0.25) is 5.91 Å². The minimum atomic E-state index is -0.277. The lowest BCUT2D eigenvalue weighted by molar-refractivity contribution is -0.119. The Morgan fingerprint density at radius 1 is 1.07 bits per heavy atom. The number of anilines is 3. The van der Waals surface area contributed by atoms with E-state index in [0.29, 0.717) is 15.8 Å². The number of thiocarbonyl (C=S) groups is 1. The molecular formula is C33H37ClN6O2S. The van der Waals surface area contributed by atoms with Gasteiger partial charge in [-0.25, -0.2) is 0 Å². The second-order valence-electron chi connectivity index (χ2n) is 10.5. The quantitative estimate of drug-likeness (QED) is 0.191. The first-order valence-corrected chi connectivity index (χ1v) is 15.2. The summed E-state index contributed by atoms with van der Waals surface area (Å²) in [6.07, 6.45) is 1.80. The fraction of sp³-hybridized carbons (Fsp3) is 0.303. The Balaban J connectivity index is 1.57. The molecule has 0 saturated carbocycles. The highest BCUT2D eigenvalue weighted by Crippen LogP contribution is 2.44. The van der Waals surface area contributed by atoms with Gasteiger partial charge in [0.15, 0.2) is 5.11 Å². The fourth-order valence-corrected chi connectivity index (χ4v) is 6.48. The molecule has 10 heteroatoms. The lowest BCUT2D eigenvalue weighted by Gasteiger charge is -2.28. The number of hydrogen-bond acceptors (Lipinski definition) is 5. The largest absolute Gasteiger partial charge is 0.375 e. The van der Waals surface area contributed by atoms with Gasteiger partial charge in [-0.05, 0) is 106 Å². The molecule has 0 bridgehead atoms. The van der Waals surface area contributed by atoms with Crippen LogP contribution in [0.4, 0.5) is 17.1 Å². The fourth-order valence-electron chi connectivity index (χ4n) is 5.91. The maximum Gasteiger partial charge on any atom is 0.250 e. The van der Waals surface area contributed by atoms with Gasteiger partial charge in [0.1, 0.15) is 6.61 Å². The van der Waals surface area contributed by atoms with E-state index in [4.69, 9.17) is 33.5 Å². The number of halogens is 1. The van der Waals surface area contributed by atoms with Gasteiger partial charge in [0.05, 0.1) is 28.5 Å². The van der Waals surface area contributed by atoms with Gasteiger partial charge >= 0.3 is 0 Å². The van der Waals surface area contributed by atoms with Crippen LogP contribution in [0.2, 0.25) is 5.02 Å². The average molecular weight is 617 g/mol. The van der Waals surface area contributed by atoms with E-state index in [2.05, 4.69) is 83.0 Å². The Morgan fingerprint density at radius 2 is 1.79 bits per heavy atom. The molecule has 2 aromatic heterocycles. The molecule has 43 heavy (non-hydrogen) atoms. The minimum Gasteiger partial charge on any atom is -0.375 e. The number of methoxy groups -OCH3 is 1. The number of carbonyl (C=O) groups excluding carboxylic acids is 1. The molecule has 1 saturated heterocycles. The van der Waals surface area contributed by atoms with Crippen molar-refractivity contribution < 1.29 is 9.53 Å². The number of nitrogens with one attached hydrogen (secondary N) is 2. The number of carbonyl (C=O) groups is 1. The van der Waals surface area contributed by atoms with Crippen molar-refractivity contribution in [3.05, 3.63) is 101 Å². The normalized spacial score (nSPS) is 16.3. The van der Waals surface area contributed by atoms with Crippen LogP contribution in [-0.4, -0.2) is 47.4 Å². The molecule has 1 aliphatic heterocycles. The Bertz CT molecular complexity index is 1600. The topological polar surface area (TPSA) is 74.7 Å². The summed E-state index contributed by atoms with van der Waals surface area (Å²) in [6, 6.07) is 22.0. The van der Waals surface area contributed by atoms with Crippen LogP contribution in [0.1, 0.15) is 48.6 Å². The third-order valence-corrected chi connectivity index (χ3v) is 8.53. The predicted molar refractivity (Wildman–Crippen MR) is 179 cm³/mol. The van der Waals surface area contributed by atoms with Crippen LogP contribution < -0.4 is 20.4 Å². The summed E-state index contributed by atoms with van der Waals surface area (Å²) in [5, 5.41) is 7.30. The molecule has 5 rings (SSSR count). The molecule has 3 heterocycles. The predicted octanol–water partition coefficient (Wildman–Crippen LogP) is 6.75. The smallest absolute Gasteiger partial charge is 0.250 e. The van der Waals surface area contributed by atoms with Crippen LogP contribution in [0.25, 0.3) is 5.69 Å². The molecule has 2 aromatic carbocycles. The van der Waals surface area contributed by atoms with E-state index in [1.165, 1.54) is 12.8 Å². The number of aryl methyl sites for hydroxylation is 1. The lowest BCUT2D eigenvalue weighted by atomic mass is 9.96. The van der Waals surface area contributed by atoms with Gasteiger partial charge in [0, 0.05) is 54.8 Å². The highest BCUT2D eigenvalue weighted by molar-refractivity contribution is 7.80. The van der Waals surface area contributed by atoms with E-state index in [9.17, 15) is 4.79 Å². The van der Waals surface area contributed by atoms with Crippen molar-refractivity contribution in [3.8, 4) is 5.69 Å². The van der Waals surface area contributed by atoms with Crippen molar-refractivity contribution in [1.29, 1.82) is 0 Å². The average Bonchev–Trinajstić information content (AvgIpc) is 3.50. The zero-order chi connectivity index (χ0) is 30.7. The van der Waals surface area contributed by atoms with Crippen molar-refractivity contribution in [3.63, 3.8) is 0 Å². The molecular weight excluding hydrogens is 580 g/mol. The third-order valence-electron chi connectivity index (χ3n) is 7.90. The molecule has 224 valence electrons. The van der Waals surface area contributed by atoms with Crippen molar-refractivity contribution in [2.45, 2.75) is 39.8 Å². The number of benzene rings is 2. The first-order chi connectivity index (χ1) is 20.8. The van der Waals surface area contributed by atoms with E-state index >= 15 is 0 Å². The Kier molecular flexibility index (Phi) is 9.34. The monoisotopic (exact) mass is 616 g/mol. The summed E-state index contributed by atoms with van der Waals surface area (Å²) in [5.41, 5.74) is 7.88. The van der Waals surface area contributed by atoms with Crippen molar-refractivity contribution in [2.75, 3.05) is 41.9 Å². The zero-order valence-corrected chi connectivity index (χ0v) is 26.7. The second-order valence-corrected chi connectivity index (χ2v) is 11.3. The summed E-state index contributed by atoms with van der Waals surface area (Å²) in [7, 11) is 1.47. The molecule has 0 spiro atoms. The van der Waals surface area contributed by atoms with Crippen molar-refractivity contribution in [1.82, 2.24) is 14.9 Å². The number of ether oxygens (including phenoxy) is 1. The summed E-state index contributed by atoms with van der Waals surface area (Å²) in [4.78, 5) is 21.2. The molecule has 0 radical (unpaired) electrons. The van der Waals surface area contributed by atoms with Gasteiger partial charge in [-0.2, -0.15) is 0 Å². The molecule has 1 aliphatic rings. The van der Waals surface area contributed by atoms with Crippen LogP contribution in [0.3, 0.4) is 0 Å². The highest BCUT2D eigenvalue weighted by atomic mass is 35.5. The van der Waals surface area contributed by atoms with E-state index in [0.717, 1.165) is 47.1 Å². The Labute approximate surface area is 263 Å². The molecule has 0 unspecified atom stereocenters. The van der Waals surface area contributed by atoms with Crippen molar-refractivity contribution >= 4 is 51.9 Å².